The minimum absolute atomic E-state index is 0.00972. The molecule has 0 N–H and O–H groups in total. The normalized spacial score (nSPS) is 10.2. The Labute approximate surface area is 99.8 Å². The molecule has 0 aliphatic rings. The van der Waals surface area contributed by atoms with E-state index in [1.54, 1.807) is 18.0 Å². The number of anilines is 1. The number of nitrogens with zero attached hydrogens (tertiary/aromatic N) is 2. The van der Waals surface area contributed by atoms with E-state index in [2.05, 4.69) is 5.16 Å². The lowest BCUT2D eigenvalue weighted by Gasteiger charge is -2.16. The van der Waals surface area contributed by atoms with E-state index in [0.717, 1.165) is 11.4 Å². The van der Waals surface area contributed by atoms with Crippen molar-refractivity contribution in [2.24, 2.45) is 0 Å². The summed E-state index contributed by atoms with van der Waals surface area (Å²) in [7, 11) is 1.75. The third kappa shape index (κ3) is 2.72. The van der Waals surface area contributed by atoms with Crippen molar-refractivity contribution in [3.05, 3.63) is 47.9 Å². The zero-order valence-electron chi connectivity index (χ0n) is 9.88. The predicted molar refractivity (Wildman–Crippen MR) is 64.8 cm³/mol. The van der Waals surface area contributed by atoms with E-state index < -0.39 is 0 Å². The Hall–Kier alpha value is -2.10. The van der Waals surface area contributed by atoms with Crippen molar-refractivity contribution in [3.8, 4) is 0 Å². The van der Waals surface area contributed by atoms with Gasteiger partial charge in [0.25, 0.3) is 0 Å². The molecule has 1 amide bonds. The lowest BCUT2D eigenvalue weighted by Crippen LogP contribution is -2.27. The highest BCUT2D eigenvalue weighted by atomic mass is 16.5. The molecule has 2 rings (SSSR count). The van der Waals surface area contributed by atoms with Crippen molar-refractivity contribution in [2.75, 3.05) is 11.9 Å². The third-order valence-corrected chi connectivity index (χ3v) is 2.53. The Kier molecular flexibility index (Phi) is 3.23. The van der Waals surface area contributed by atoms with Gasteiger partial charge in [-0.05, 0) is 19.1 Å². The van der Waals surface area contributed by atoms with Gasteiger partial charge >= 0.3 is 0 Å². The van der Waals surface area contributed by atoms with E-state index in [9.17, 15) is 4.79 Å². The van der Waals surface area contributed by atoms with Crippen molar-refractivity contribution in [3.63, 3.8) is 0 Å². The van der Waals surface area contributed by atoms with Crippen LogP contribution >= 0.6 is 0 Å². The van der Waals surface area contributed by atoms with Crippen LogP contribution in [0.3, 0.4) is 0 Å². The highest BCUT2D eigenvalue weighted by Gasteiger charge is 2.13. The summed E-state index contributed by atoms with van der Waals surface area (Å²) in [5.74, 6) is 0.708. The van der Waals surface area contributed by atoms with E-state index >= 15 is 0 Å². The van der Waals surface area contributed by atoms with Gasteiger partial charge in [-0.2, -0.15) is 0 Å². The second-order valence-electron chi connectivity index (χ2n) is 3.89. The average Bonchev–Trinajstić information content (AvgIpc) is 2.75. The lowest BCUT2D eigenvalue weighted by molar-refractivity contribution is -0.117. The van der Waals surface area contributed by atoms with Gasteiger partial charge in [0.1, 0.15) is 5.76 Å². The van der Waals surface area contributed by atoms with Gasteiger partial charge in [0.15, 0.2) is 0 Å². The van der Waals surface area contributed by atoms with Gasteiger partial charge in [0.2, 0.25) is 5.91 Å². The zero-order valence-corrected chi connectivity index (χ0v) is 9.88. The Morgan fingerprint density at radius 2 is 2.06 bits per heavy atom. The molecular weight excluding hydrogens is 216 g/mol. The molecule has 1 aromatic carbocycles. The monoisotopic (exact) mass is 230 g/mol. The van der Waals surface area contributed by atoms with Crippen molar-refractivity contribution in [1.82, 2.24) is 5.16 Å². The van der Waals surface area contributed by atoms with Gasteiger partial charge in [0.05, 0.1) is 12.1 Å². The third-order valence-electron chi connectivity index (χ3n) is 2.53. The van der Waals surface area contributed by atoms with Gasteiger partial charge in [0, 0.05) is 18.8 Å². The lowest BCUT2D eigenvalue weighted by atomic mass is 10.2. The Morgan fingerprint density at radius 1 is 1.35 bits per heavy atom. The van der Waals surface area contributed by atoms with Crippen molar-refractivity contribution < 1.29 is 9.32 Å². The van der Waals surface area contributed by atoms with E-state index in [1.807, 2.05) is 37.3 Å². The molecule has 0 bridgehead atoms. The summed E-state index contributed by atoms with van der Waals surface area (Å²) in [6.07, 6.45) is 0.253. The molecule has 2 aromatic rings. The van der Waals surface area contributed by atoms with Crippen molar-refractivity contribution in [1.29, 1.82) is 0 Å². The smallest absolute Gasteiger partial charge is 0.232 e. The van der Waals surface area contributed by atoms with Gasteiger partial charge < -0.3 is 9.42 Å². The molecule has 0 radical (unpaired) electrons. The second-order valence-corrected chi connectivity index (χ2v) is 3.89. The number of hydrogen-bond donors (Lipinski definition) is 0. The van der Waals surface area contributed by atoms with Crippen LogP contribution in [0.25, 0.3) is 0 Å². The molecule has 0 fully saturated rings. The van der Waals surface area contributed by atoms with E-state index in [1.165, 1.54) is 0 Å². The molecule has 0 aliphatic carbocycles. The summed E-state index contributed by atoms with van der Waals surface area (Å²) in [5, 5.41) is 3.81. The van der Waals surface area contributed by atoms with Crippen LogP contribution in [0, 0.1) is 6.92 Å². The second kappa shape index (κ2) is 4.82. The van der Waals surface area contributed by atoms with Crippen molar-refractivity contribution >= 4 is 11.6 Å². The summed E-state index contributed by atoms with van der Waals surface area (Å²) < 4.78 is 4.93. The number of likely N-dealkylation sites (N-methyl/N-ethyl adjacent to an activating group) is 1. The molecule has 1 heterocycles. The van der Waals surface area contributed by atoms with Crippen LogP contribution in [0.4, 0.5) is 5.69 Å². The summed E-state index contributed by atoms with van der Waals surface area (Å²) in [6, 6.07) is 11.3. The Bertz CT molecular complexity index is 505. The Balaban J connectivity index is 2.06. The standard InChI is InChI=1S/C13H14N2O2/c1-10-8-11(14-17-10)9-13(16)15(2)12-6-4-3-5-7-12/h3-8H,9H2,1-2H3. The van der Waals surface area contributed by atoms with Gasteiger partial charge in [-0.3, -0.25) is 4.79 Å². The number of hydrogen-bond acceptors (Lipinski definition) is 3. The summed E-state index contributed by atoms with van der Waals surface area (Å²) in [6.45, 7) is 1.81. The van der Waals surface area contributed by atoms with Crippen LogP contribution in [-0.2, 0) is 11.2 Å². The number of aromatic nitrogens is 1. The number of benzene rings is 1. The average molecular weight is 230 g/mol. The first-order valence-corrected chi connectivity index (χ1v) is 5.40. The number of aryl methyl sites for hydroxylation is 1. The fraction of sp³-hybridized carbons (Fsp3) is 0.231. The number of carbonyl (C=O) groups excluding carboxylic acids is 1. The van der Waals surface area contributed by atoms with Crippen LogP contribution < -0.4 is 4.90 Å². The first-order valence-electron chi connectivity index (χ1n) is 5.40. The Morgan fingerprint density at radius 3 is 2.65 bits per heavy atom. The molecule has 4 nitrogen and oxygen atoms in total. The van der Waals surface area contributed by atoms with Gasteiger partial charge in [-0.1, -0.05) is 23.4 Å². The molecule has 1 aromatic heterocycles. The first-order chi connectivity index (χ1) is 8.16. The van der Waals surface area contributed by atoms with E-state index in [4.69, 9.17) is 4.52 Å². The number of carbonyl (C=O) groups is 1. The van der Waals surface area contributed by atoms with E-state index in [0.29, 0.717) is 5.69 Å². The molecule has 4 heteroatoms. The minimum Gasteiger partial charge on any atom is -0.361 e. The molecule has 0 saturated carbocycles. The van der Waals surface area contributed by atoms with Crippen LogP contribution in [0.5, 0.6) is 0 Å². The summed E-state index contributed by atoms with van der Waals surface area (Å²) in [5.41, 5.74) is 1.54. The van der Waals surface area contributed by atoms with Crippen LogP contribution in [0.1, 0.15) is 11.5 Å². The molecule has 0 atom stereocenters. The SMILES string of the molecule is Cc1cc(CC(=O)N(C)c2ccccc2)no1. The molecule has 0 unspecified atom stereocenters. The quantitative estimate of drug-likeness (QED) is 0.812. The molecule has 88 valence electrons. The zero-order chi connectivity index (χ0) is 12.3. The first kappa shape index (κ1) is 11.4. The molecular formula is C13H14N2O2. The fourth-order valence-corrected chi connectivity index (χ4v) is 1.57. The molecule has 0 spiro atoms. The summed E-state index contributed by atoms with van der Waals surface area (Å²) in [4.78, 5) is 13.6. The van der Waals surface area contributed by atoms with Gasteiger partial charge in [-0.25, -0.2) is 0 Å². The van der Waals surface area contributed by atoms with E-state index in [-0.39, 0.29) is 12.3 Å². The minimum atomic E-state index is -0.00972. The predicted octanol–water partition coefficient (Wildman–Crippen LogP) is 2.19. The molecule has 0 aliphatic heterocycles. The van der Waals surface area contributed by atoms with Crippen LogP contribution in [0.2, 0.25) is 0 Å². The molecule has 0 saturated heterocycles. The largest absolute Gasteiger partial charge is 0.361 e. The number of amides is 1. The fourth-order valence-electron chi connectivity index (χ4n) is 1.57. The maximum Gasteiger partial charge on any atom is 0.232 e. The highest BCUT2D eigenvalue weighted by Crippen LogP contribution is 2.13. The van der Waals surface area contributed by atoms with Crippen molar-refractivity contribution in [2.45, 2.75) is 13.3 Å². The maximum absolute atomic E-state index is 12.0. The summed E-state index contributed by atoms with van der Waals surface area (Å²) >= 11 is 0. The molecule has 17 heavy (non-hydrogen) atoms. The van der Waals surface area contributed by atoms with Crippen LogP contribution in [-0.4, -0.2) is 18.1 Å². The van der Waals surface area contributed by atoms with Gasteiger partial charge in [-0.15, -0.1) is 0 Å². The maximum atomic E-state index is 12.0. The number of para-hydroxylation sites is 1. The highest BCUT2D eigenvalue weighted by molar-refractivity contribution is 5.93. The number of rotatable bonds is 3. The topological polar surface area (TPSA) is 46.3 Å². The van der Waals surface area contributed by atoms with Crippen LogP contribution in [0.15, 0.2) is 40.9 Å².